The van der Waals surface area contributed by atoms with Gasteiger partial charge in [0.05, 0.1) is 13.0 Å². The summed E-state index contributed by atoms with van der Waals surface area (Å²) >= 11 is 0. The second-order valence-electron chi connectivity index (χ2n) is 5.46. The first kappa shape index (κ1) is 14.7. The lowest BCUT2D eigenvalue weighted by Gasteiger charge is -2.32. The van der Waals surface area contributed by atoms with Gasteiger partial charge in [-0.25, -0.2) is 0 Å². The van der Waals surface area contributed by atoms with Gasteiger partial charge in [0, 0.05) is 26.2 Å². The Kier molecular flexibility index (Phi) is 4.47. The molecule has 1 unspecified atom stereocenters. The Balaban J connectivity index is 1.99. The maximum absolute atomic E-state index is 12.5. The molecule has 2 aliphatic rings. The Bertz CT molecular complexity index is 429. The lowest BCUT2D eigenvalue weighted by Crippen LogP contribution is -2.46. The number of esters is 1. The van der Waals surface area contributed by atoms with Crippen LogP contribution >= 0.6 is 0 Å². The van der Waals surface area contributed by atoms with Crippen LogP contribution in [0.3, 0.4) is 0 Å². The molecule has 0 amide bonds. The van der Waals surface area contributed by atoms with E-state index in [0.717, 1.165) is 12.8 Å². The van der Waals surface area contributed by atoms with Crippen LogP contribution in [-0.4, -0.2) is 56.3 Å². The molecule has 0 aromatic rings. The quantitative estimate of drug-likeness (QED) is 0.708. The molecular formula is C12H22N2O4S. The van der Waals surface area contributed by atoms with E-state index in [2.05, 4.69) is 11.7 Å². The molecular weight excluding hydrogens is 268 g/mol. The number of hydrogen-bond acceptors (Lipinski definition) is 4. The molecule has 2 saturated heterocycles. The molecule has 2 rings (SSSR count). The van der Waals surface area contributed by atoms with E-state index in [-0.39, 0.29) is 18.4 Å². The number of carbonyl (C=O) groups is 1. The Morgan fingerprint density at radius 3 is 2.26 bits per heavy atom. The molecule has 6 nitrogen and oxygen atoms in total. The van der Waals surface area contributed by atoms with Crippen LogP contribution in [0, 0.1) is 11.8 Å². The first-order chi connectivity index (χ1) is 8.95. The zero-order valence-electron chi connectivity index (χ0n) is 11.5. The van der Waals surface area contributed by atoms with Crippen molar-refractivity contribution in [2.45, 2.75) is 26.2 Å². The van der Waals surface area contributed by atoms with Gasteiger partial charge in [-0.15, -0.1) is 0 Å². The molecule has 7 heteroatoms. The van der Waals surface area contributed by atoms with Crippen LogP contribution in [-0.2, 0) is 19.7 Å². The first-order valence-electron chi connectivity index (χ1n) is 6.78. The van der Waals surface area contributed by atoms with Crippen molar-refractivity contribution in [3.63, 3.8) is 0 Å². The minimum absolute atomic E-state index is 0.251. The van der Waals surface area contributed by atoms with E-state index in [1.54, 1.807) is 4.31 Å². The maximum atomic E-state index is 12.5. The number of methoxy groups -OCH3 is 1. The highest BCUT2D eigenvalue weighted by atomic mass is 32.2. The molecule has 0 N–H and O–H groups in total. The molecule has 110 valence electrons. The largest absolute Gasteiger partial charge is 0.469 e. The zero-order chi connectivity index (χ0) is 14.0. The Hall–Kier alpha value is -0.660. The van der Waals surface area contributed by atoms with Crippen LogP contribution in [0.1, 0.15) is 26.2 Å². The van der Waals surface area contributed by atoms with Crippen LogP contribution in [0.25, 0.3) is 0 Å². The number of carbonyl (C=O) groups excluding carboxylic acids is 1. The van der Waals surface area contributed by atoms with Crippen molar-refractivity contribution < 1.29 is 17.9 Å². The standard InChI is InChI=1S/C12H22N2O4S/c1-10-3-6-13(7-4-10)19(16,17)14-8-5-11(9-14)12(15)18-2/h10-11H,3-9H2,1-2H3. The summed E-state index contributed by atoms with van der Waals surface area (Å²) in [5.41, 5.74) is 0. The SMILES string of the molecule is COC(=O)C1CCN(S(=O)(=O)N2CCC(C)CC2)C1. The number of rotatable bonds is 3. The molecule has 2 heterocycles. The Labute approximate surface area is 114 Å². The third-order valence-electron chi connectivity index (χ3n) is 4.08. The summed E-state index contributed by atoms with van der Waals surface area (Å²) in [4.78, 5) is 11.4. The predicted molar refractivity (Wildman–Crippen MR) is 70.6 cm³/mol. The highest BCUT2D eigenvalue weighted by molar-refractivity contribution is 7.86. The van der Waals surface area contributed by atoms with Crippen molar-refractivity contribution in [1.29, 1.82) is 0 Å². The van der Waals surface area contributed by atoms with Crippen molar-refractivity contribution in [1.82, 2.24) is 8.61 Å². The van der Waals surface area contributed by atoms with Gasteiger partial charge < -0.3 is 4.74 Å². The molecule has 0 saturated carbocycles. The molecule has 0 bridgehead atoms. The average molecular weight is 290 g/mol. The van der Waals surface area contributed by atoms with E-state index in [1.807, 2.05) is 0 Å². The summed E-state index contributed by atoms with van der Waals surface area (Å²) in [6.45, 7) is 3.98. The van der Waals surface area contributed by atoms with Crippen LogP contribution < -0.4 is 0 Å². The van der Waals surface area contributed by atoms with Crippen molar-refractivity contribution in [2.75, 3.05) is 33.3 Å². The van der Waals surface area contributed by atoms with E-state index in [1.165, 1.54) is 11.4 Å². The highest BCUT2D eigenvalue weighted by Crippen LogP contribution is 2.25. The van der Waals surface area contributed by atoms with Gasteiger partial charge in [0.15, 0.2) is 0 Å². The number of piperidine rings is 1. The number of ether oxygens (including phenoxy) is 1. The van der Waals surface area contributed by atoms with E-state index in [0.29, 0.717) is 32.0 Å². The van der Waals surface area contributed by atoms with Crippen LogP contribution in [0.2, 0.25) is 0 Å². The summed E-state index contributed by atoms with van der Waals surface area (Å²) in [7, 11) is -2.06. The lowest BCUT2D eigenvalue weighted by atomic mass is 10.0. The molecule has 0 radical (unpaired) electrons. The van der Waals surface area contributed by atoms with Gasteiger partial charge >= 0.3 is 5.97 Å². The van der Waals surface area contributed by atoms with Gasteiger partial charge in [0.25, 0.3) is 10.2 Å². The summed E-state index contributed by atoms with van der Waals surface area (Å²) < 4.78 is 32.6. The maximum Gasteiger partial charge on any atom is 0.310 e. The Morgan fingerprint density at radius 1 is 1.11 bits per heavy atom. The lowest BCUT2D eigenvalue weighted by molar-refractivity contribution is -0.144. The van der Waals surface area contributed by atoms with E-state index in [9.17, 15) is 13.2 Å². The average Bonchev–Trinajstić information content (AvgIpc) is 2.88. The van der Waals surface area contributed by atoms with Gasteiger partial charge in [0.2, 0.25) is 0 Å². The number of nitrogens with zero attached hydrogens (tertiary/aromatic N) is 2. The third kappa shape index (κ3) is 3.09. The monoisotopic (exact) mass is 290 g/mol. The molecule has 2 fully saturated rings. The summed E-state index contributed by atoms with van der Waals surface area (Å²) in [5, 5.41) is 0. The minimum atomic E-state index is -3.40. The van der Waals surface area contributed by atoms with Crippen LogP contribution in [0.5, 0.6) is 0 Å². The topological polar surface area (TPSA) is 66.9 Å². The van der Waals surface area contributed by atoms with Crippen molar-refractivity contribution in [2.24, 2.45) is 11.8 Å². The predicted octanol–water partition coefficient (Wildman–Crippen LogP) is 0.458. The molecule has 0 aromatic heterocycles. The fourth-order valence-electron chi connectivity index (χ4n) is 2.68. The van der Waals surface area contributed by atoms with Gasteiger partial charge in [-0.2, -0.15) is 17.0 Å². The van der Waals surface area contributed by atoms with Gasteiger partial charge in [-0.05, 0) is 25.2 Å². The van der Waals surface area contributed by atoms with Crippen LogP contribution in [0.15, 0.2) is 0 Å². The van der Waals surface area contributed by atoms with Crippen molar-refractivity contribution in [3.05, 3.63) is 0 Å². The smallest absolute Gasteiger partial charge is 0.310 e. The van der Waals surface area contributed by atoms with Gasteiger partial charge in [-0.3, -0.25) is 4.79 Å². The van der Waals surface area contributed by atoms with Gasteiger partial charge in [0.1, 0.15) is 0 Å². The Morgan fingerprint density at radius 2 is 1.68 bits per heavy atom. The molecule has 19 heavy (non-hydrogen) atoms. The van der Waals surface area contributed by atoms with Crippen LogP contribution in [0.4, 0.5) is 0 Å². The fourth-order valence-corrected chi connectivity index (χ4v) is 4.38. The minimum Gasteiger partial charge on any atom is -0.469 e. The summed E-state index contributed by atoms with van der Waals surface area (Å²) in [6.07, 6.45) is 2.37. The zero-order valence-corrected chi connectivity index (χ0v) is 12.4. The highest BCUT2D eigenvalue weighted by Gasteiger charge is 2.39. The number of hydrogen-bond donors (Lipinski definition) is 0. The summed E-state index contributed by atoms with van der Waals surface area (Å²) in [6, 6.07) is 0. The third-order valence-corrected chi connectivity index (χ3v) is 6.08. The van der Waals surface area contributed by atoms with E-state index < -0.39 is 10.2 Å². The molecule has 2 aliphatic heterocycles. The first-order valence-corrected chi connectivity index (χ1v) is 8.18. The second-order valence-corrected chi connectivity index (χ2v) is 7.38. The van der Waals surface area contributed by atoms with Crippen molar-refractivity contribution in [3.8, 4) is 0 Å². The van der Waals surface area contributed by atoms with E-state index in [4.69, 9.17) is 0 Å². The second kappa shape index (κ2) is 5.76. The normalized spacial score (nSPS) is 27.6. The van der Waals surface area contributed by atoms with Crippen molar-refractivity contribution >= 4 is 16.2 Å². The molecule has 0 aromatic carbocycles. The molecule has 0 spiro atoms. The van der Waals surface area contributed by atoms with E-state index >= 15 is 0 Å². The molecule has 1 atom stereocenters. The fraction of sp³-hybridized carbons (Fsp3) is 0.917. The van der Waals surface area contributed by atoms with Gasteiger partial charge in [-0.1, -0.05) is 6.92 Å². The summed E-state index contributed by atoms with van der Waals surface area (Å²) in [5.74, 6) is -0.0405. The molecule has 0 aliphatic carbocycles.